The van der Waals surface area contributed by atoms with Crippen molar-refractivity contribution in [2.75, 3.05) is 5.32 Å². The third kappa shape index (κ3) is 6.11. The summed E-state index contributed by atoms with van der Waals surface area (Å²) in [6.07, 6.45) is 0. The summed E-state index contributed by atoms with van der Waals surface area (Å²) in [5.74, 6) is -1.02. The number of primary sulfonamides is 1. The maximum absolute atomic E-state index is 12.5. The van der Waals surface area contributed by atoms with Crippen LogP contribution in [0.3, 0.4) is 0 Å². The molecule has 0 fully saturated rings. The molecule has 0 saturated carbocycles. The van der Waals surface area contributed by atoms with E-state index in [0.717, 1.165) is 0 Å². The summed E-state index contributed by atoms with van der Waals surface area (Å²) in [6.45, 7) is 7.24. The van der Waals surface area contributed by atoms with E-state index in [0.29, 0.717) is 5.69 Å². The van der Waals surface area contributed by atoms with Gasteiger partial charge in [0.1, 0.15) is 6.04 Å². The van der Waals surface area contributed by atoms with Crippen LogP contribution < -0.4 is 21.5 Å². The molecule has 140 valence electrons. The molecule has 6 N–H and O–H groups in total. The quantitative estimate of drug-likeness (QED) is 0.549. The number of hydrogen-bond acceptors (Lipinski definition) is 5. The fourth-order valence-corrected chi connectivity index (χ4v) is 2.55. The van der Waals surface area contributed by atoms with Gasteiger partial charge in [-0.1, -0.05) is 27.7 Å². The lowest BCUT2D eigenvalue weighted by atomic mass is 10.0. The molecule has 0 aliphatic heterocycles. The molecule has 0 aliphatic carbocycles. The van der Waals surface area contributed by atoms with Crippen molar-refractivity contribution in [2.24, 2.45) is 22.7 Å². The number of carbonyl (C=O) groups excluding carboxylic acids is 2. The summed E-state index contributed by atoms with van der Waals surface area (Å²) in [4.78, 5) is 24.5. The van der Waals surface area contributed by atoms with Crippen LogP contribution in [0.2, 0.25) is 0 Å². The highest BCUT2D eigenvalue weighted by Gasteiger charge is 2.27. The lowest BCUT2D eigenvalue weighted by Gasteiger charge is -2.24. The minimum absolute atomic E-state index is 0.0536. The Labute approximate surface area is 148 Å². The topological polar surface area (TPSA) is 144 Å². The Hall–Kier alpha value is -1.97. The van der Waals surface area contributed by atoms with E-state index in [1.54, 1.807) is 13.8 Å². The van der Waals surface area contributed by atoms with Gasteiger partial charge in [-0.25, -0.2) is 13.6 Å². The molecule has 0 bridgehead atoms. The molecule has 8 nitrogen and oxygen atoms in total. The Morgan fingerprint density at radius 1 is 0.960 bits per heavy atom. The van der Waals surface area contributed by atoms with Gasteiger partial charge in [0.25, 0.3) is 0 Å². The summed E-state index contributed by atoms with van der Waals surface area (Å²) in [6, 6.07) is 3.97. The molecule has 1 aromatic carbocycles. The highest BCUT2D eigenvalue weighted by atomic mass is 32.2. The second-order valence-corrected chi connectivity index (χ2v) is 8.12. The van der Waals surface area contributed by atoms with Crippen LogP contribution in [0.25, 0.3) is 0 Å². The Kier molecular flexibility index (Phi) is 7.09. The van der Waals surface area contributed by atoms with Gasteiger partial charge in [0.05, 0.1) is 10.9 Å². The average Bonchev–Trinajstić information content (AvgIpc) is 2.50. The first-order valence-corrected chi connectivity index (χ1v) is 9.47. The van der Waals surface area contributed by atoms with Crippen LogP contribution in [0.5, 0.6) is 0 Å². The van der Waals surface area contributed by atoms with Gasteiger partial charge in [0, 0.05) is 5.69 Å². The van der Waals surface area contributed by atoms with Gasteiger partial charge in [0.2, 0.25) is 21.8 Å². The van der Waals surface area contributed by atoms with Crippen LogP contribution in [0.1, 0.15) is 27.7 Å². The van der Waals surface area contributed by atoms with Crippen LogP contribution in [-0.4, -0.2) is 32.3 Å². The molecule has 2 amide bonds. The van der Waals surface area contributed by atoms with Crippen molar-refractivity contribution >= 4 is 27.5 Å². The smallest absolute Gasteiger partial charge is 0.247 e. The SMILES string of the molecule is CC(C)[C@H](N)C(=O)N[C@@H](C(=O)Nc1ccc(S(N)(=O)=O)cc1)C(C)C. The summed E-state index contributed by atoms with van der Waals surface area (Å²) >= 11 is 0. The van der Waals surface area contributed by atoms with Crippen molar-refractivity contribution in [3.05, 3.63) is 24.3 Å². The lowest BCUT2D eigenvalue weighted by Crippen LogP contribution is -2.53. The fourth-order valence-electron chi connectivity index (χ4n) is 2.04. The first-order valence-electron chi connectivity index (χ1n) is 7.93. The van der Waals surface area contributed by atoms with Gasteiger partial charge < -0.3 is 16.4 Å². The molecule has 0 unspecified atom stereocenters. The number of nitrogens with one attached hydrogen (secondary N) is 2. The van der Waals surface area contributed by atoms with Crippen LogP contribution in [-0.2, 0) is 19.6 Å². The molecule has 2 atom stereocenters. The standard InChI is InChI=1S/C16H26N4O4S/c1-9(2)13(17)15(21)20-14(10(3)4)16(22)19-11-5-7-12(8-6-11)25(18,23)24/h5-10,13-14H,17H2,1-4H3,(H,19,22)(H,20,21)(H2,18,23,24)/t13-,14+/m0/s1. The molecule has 0 aromatic heterocycles. The molecule has 0 radical (unpaired) electrons. The summed E-state index contributed by atoms with van der Waals surface area (Å²) in [5.41, 5.74) is 6.20. The van der Waals surface area contributed by atoms with Crippen LogP contribution in [0.4, 0.5) is 5.69 Å². The maximum Gasteiger partial charge on any atom is 0.247 e. The number of carbonyl (C=O) groups is 2. The zero-order valence-electron chi connectivity index (χ0n) is 14.8. The number of nitrogens with two attached hydrogens (primary N) is 2. The van der Waals surface area contributed by atoms with Crippen LogP contribution >= 0.6 is 0 Å². The van der Waals surface area contributed by atoms with Gasteiger partial charge >= 0.3 is 0 Å². The van der Waals surface area contributed by atoms with Crippen molar-refractivity contribution in [3.63, 3.8) is 0 Å². The van der Waals surface area contributed by atoms with Crippen molar-refractivity contribution in [1.29, 1.82) is 0 Å². The zero-order chi connectivity index (χ0) is 19.4. The maximum atomic E-state index is 12.5. The van der Waals surface area contributed by atoms with E-state index in [9.17, 15) is 18.0 Å². The lowest BCUT2D eigenvalue weighted by molar-refractivity contribution is -0.128. The Morgan fingerprint density at radius 2 is 1.48 bits per heavy atom. The normalized spacial score (nSPS) is 14.2. The Bertz CT molecular complexity index is 714. The molecular formula is C16H26N4O4S. The van der Waals surface area contributed by atoms with Crippen LogP contribution in [0.15, 0.2) is 29.2 Å². The van der Waals surface area contributed by atoms with E-state index in [1.165, 1.54) is 24.3 Å². The second-order valence-electron chi connectivity index (χ2n) is 6.56. The van der Waals surface area contributed by atoms with E-state index in [1.807, 2.05) is 13.8 Å². The van der Waals surface area contributed by atoms with Crippen molar-refractivity contribution in [3.8, 4) is 0 Å². The third-order valence-electron chi connectivity index (χ3n) is 3.72. The first kappa shape index (κ1) is 21.1. The average molecular weight is 370 g/mol. The molecule has 25 heavy (non-hydrogen) atoms. The monoisotopic (exact) mass is 370 g/mol. The zero-order valence-corrected chi connectivity index (χ0v) is 15.6. The summed E-state index contributed by atoms with van der Waals surface area (Å²) in [5, 5.41) is 10.3. The van der Waals surface area contributed by atoms with Gasteiger partial charge in [-0.15, -0.1) is 0 Å². The Balaban J connectivity index is 2.85. The van der Waals surface area contributed by atoms with Gasteiger partial charge in [-0.2, -0.15) is 0 Å². The second kappa shape index (κ2) is 8.41. The fraction of sp³-hybridized carbons (Fsp3) is 0.500. The van der Waals surface area contributed by atoms with Crippen molar-refractivity contribution in [1.82, 2.24) is 5.32 Å². The molecule has 0 saturated heterocycles. The highest BCUT2D eigenvalue weighted by molar-refractivity contribution is 7.89. The largest absolute Gasteiger partial charge is 0.343 e. The molecule has 0 aliphatic rings. The Morgan fingerprint density at radius 3 is 1.88 bits per heavy atom. The molecule has 9 heteroatoms. The molecule has 0 heterocycles. The van der Waals surface area contributed by atoms with Gasteiger partial charge in [0.15, 0.2) is 0 Å². The number of hydrogen-bond donors (Lipinski definition) is 4. The van der Waals surface area contributed by atoms with E-state index < -0.39 is 33.9 Å². The third-order valence-corrected chi connectivity index (χ3v) is 4.65. The molecule has 1 aromatic rings. The first-order chi connectivity index (χ1) is 11.4. The molecule has 1 rings (SSSR count). The minimum atomic E-state index is -3.80. The number of rotatable bonds is 7. The minimum Gasteiger partial charge on any atom is -0.343 e. The van der Waals surface area contributed by atoms with E-state index >= 15 is 0 Å². The van der Waals surface area contributed by atoms with E-state index in [2.05, 4.69) is 10.6 Å². The number of anilines is 1. The molecular weight excluding hydrogens is 344 g/mol. The number of sulfonamides is 1. The number of amides is 2. The highest BCUT2D eigenvalue weighted by Crippen LogP contribution is 2.14. The van der Waals surface area contributed by atoms with E-state index in [-0.39, 0.29) is 16.7 Å². The van der Waals surface area contributed by atoms with Gasteiger partial charge in [-0.05, 0) is 36.1 Å². The molecule has 0 spiro atoms. The van der Waals surface area contributed by atoms with Gasteiger partial charge in [-0.3, -0.25) is 9.59 Å². The van der Waals surface area contributed by atoms with Crippen molar-refractivity contribution in [2.45, 2.75) is 44.7 Å². The summed E-state index contributed by atoms with van der Waals surface area (Å²) in [7, 11) is -3.80. The predicted octanol–water partition coefficient (Wildman–Crippen LogP) is 0.397. The van der Waals surface area contributed by atoms with E-state index in [4.69, 9.17) is 10.9 Å². The predicted molar refractivity (Wildman–Crippen MR) is 96.0 cm³/mol. The summed E-state index contributed by atoms with van der Waals surface area (Å²) < 4.78 is 22.5. The number of benzene rings is 1. The van der Waals surface area contributed by atoms with Crippen molar-refractivity contribution < 1.29 is 18.0 Å². The van der Waals surface area contributed by atoms with Crippen LogP contribution in [0, 0.1) is 11.8 Å².